The first kappa shape index (κ1) is 11.9. The Morgan fingerprint density at radius 1 is 1.29 bits per heavy atom. The van der Waals surface area contributed by atoms with Crippen LogP contribution in [0.4, 0.5) is 0 Å². The monoisotopic (exact) mass is 306 g/mol. The SMILES string of the molecule is CC(C)OC(CO)c1ccc(I)cc1. The molecule has 0 saturated heterocycles. The molecule has 0 aliphatic carbocycles. The topological polar surface area (TPSA) is 29.5 Å². The number of rotatable bonds is 4. The second kappa shape index (κ2) is 5.68. The lowest BCUT2D eigenvalue weighted by Crippen LogP contribution is -2.13. The maximum absolute atomic E-state index is 9.17. The first-order valence-electron chi connectivity index (χ1n) is 4.65. The maximum Gasteiger partial charge on any atom is 0.106 e. The van der Waals surface area contributed by atoms with Crippen LogP contribution in [0.3, 0.4) is 0 Å². The van der Waals surface area contributed by atoms with Crippen LogP contribution in [0.1, 0.15) is 25.5 Å². The molecule has 1 rings (SSSR count). The van der Waals surface area contributed by atoms with Crippen molar-refractivity contribution >= 4 is 22.6 Å². The number of hydrogen-bond donors (Lipinski definition) is 1. The van der Waals surface area contributed by atoms with Crippen molar-refractivity contribution in [3.63, 3.8) is 0 Å². The minimum Gasteiger partial charge on any atom is -0.393 e. The fourth-order valence-corrected chi connectivity index (χ4v) is 1.59. The van der Waals surface area contributed by atoms with Crippen LogP contribution >= 0.6 is 22.6 Å². The van der Waals surface area contributed by atoms with Crippen LogP contribution in [0.25, 0.3) is 0 Å². The van der Waals surface area contributed by atoms with E-state index in [4.69, 9.17) is 4.74 Å². The Morgan fingerprint density at radius 3 is 2.29 bits per heavy atom. The lowest BCUT2D eigenvalue weighted by atomic mass is 10.1. The summed E-state index contributed by atoms with van der Waals surface area (Å²) in [6.45, 7) is 3.96. The summed E-state index contributed by atoms with van der Waals surface area (Å²) in [4.78, 5) is 0. The second-order valence-corrected chi connectivity index (χ2v) is 4.65. The number of hydrogen-bond acceptors (Lipinski definition) is 2. The van der Waals surface area contributed by atoms with Crippen LogP contribution < -0.4 is 0 Å². The van der Waals surface area contributed by atoms with Gasteiger partial charge in [-0.05, 0) is 54.1 Å². The fraction of sp³-hybridized carbons (Fsp3) is 0.455. The molecule has 1 atom stereocenters. The first-order valence-corrected chi connectivity index (χ1v) is 5.73. The Labute approximate surface area is 98.4 Å². The molecule has 3 heteroatoms. The predicted octanol–water partition coefficient (Wildman–Crippen LogP) is 2.75. The molecular weight excluding hydrogens is 291 g/mol. The molecule has 14 heavy (non-hydrogen) atoms. The normalized spacial score (nSPS) is 13.2. The molecule has 1 aromatic rings. The molecule has 0 aliphatic heterocycles. The van der Waals surface area contributed by atoms with Gasteiger partial charge in [-0.2, -0.15) is 0 Å². The lowest BCUT2D eigenvalue weighted by molar-refractivity contribution is -0.0247. The zero-order valence-corrected chi connectivity index (χ0v) is 10.6. The molecule has 1 aromatic carbocycles. The minimum absolute atomic E-state index is 0.0266. The number of benzene rings is 1. The van der Waals surface area contributed by atoms with Crippen molar-refractivity contribution in [2.75, 3.05) is 6.61 Å². The van der Waals surface area contributed by atoms with Crippen LogP contribution in [-0.4, -0.2) is 17.8 Å². The molecule has 0 aromatic heterocycles. The molecule has 0 fully saturated rings. The number of halogens is 1. The molecule has 1 N–H and O–H groups in total. The van der Waals surface area contributed by atoms with E-state index in [-0.39, 0.29) is 18.8 Å². The molecule has 78 valence electrons. The van der Waals surface area contributed by atoms with Crippen LogP contribution in [0, 0.1) is 3.57 Å². The van der Waals surface area contributed by atoms with Gasteiger partial charge in [-0.3, -0.25) is 0 Å². The summed E-state index contributed by atoms with van der Waals surface area (Å²) >= 11 is 2.25. The van der Waals surface area contributed by atoms with Crippen molar-refractivity contribution in [3.8, 4) is 0 Å². The standard InChI is InChI=1S/C11H15IO2/c1-8(2)14-11(7-13)9-3-5-10(12)6-4-9/h3-6,8,11,13H,7H2,1-2H3. The molecule has 1 unspecified atom stereocenters. The second-order valence-electron chi connectivity index (χ2n) is 3.41. The minimum atomic E-state index is -0.202. The first-order chi connectivity index (χ1) is 6.63. The molecule has 0 aliphatic rings. The van der Waals surface area contributed by atoms with E-state index >= 15 is 0 Å². The largest absolute Gasteiger partial charge is 0.393 e. The van der Waals surface area contributed by atoms with Crippen LogP contribution in [0.5, 0.6) is 0 Å². The van der Waals surface area contributed by atoms with Crippen LogP contribution in [0.2, 0.25) is 0 Å². The van der Waals surface area contributed by atoms with Gasteiger partial charge in [-0.25, -0.2) is 0 Å². The van der Waals surface area contributed by atoms with E-state index in [2.05, 4.69) is 22.6 Å². The Kier molecular flexibility index (Phi) is 4.84. The Balaban J connectivity index is 2.73. The highest BCUT2D eigenvalue weighted by molar-refractivity contribution is 14.1. The highest BCUT2D eigenvalue weighted by atomic mass is 127. The Bertz CT molecular complexity index is 269. The maximum atomic E-state index is 9.17. The third kappa shape index (κ3) is 3.55. The summed E-state index contributed by atoms with van der Waals surface area (Å²) in [5.41, 5.74) is 1.03. The molecule has 2 nitrogen and oxygen atoms in total. The van der Waals surface area contributed by atoms with Gasteiger partial charge in [-0.1, -0.05) is 12.1 Å². The van der Waals surface area contributed by atoms with Gasteiger partial charge in [0, 0.05) is 3.57 Å². The summed E-state index contributed by atoms with van der Waals surface area (Å²) in [7, 11) is 0. The number of aliphatic hydroxyl groups excluding tert-OH is 1. The van der Waals surface area contributed by atoms with E-state index in [1.54, 1.807) is 0 Å². The van der Waals surface area contributed by atoms with Crippen molar-refractivity contribution in [2.45, 2.75) is 26.1 Å². The quantitative estimate of drug-likeness (QED) is 0.867. The van der Waals surface area contributed by atoms with Crippen LogP contribution in [-0.2, 0) is 4.74 Å². The van der Waals surface area contributed by atoms with Gasteiger partial charge < -0.3 is 9.84 Å². The van der Waals surface area contributed by atoms with E-state index in [9.17, 15) is 5.11 Å². The van der Waals surface area contributed by atoms with E-state index in [1.165, 1.54) is 3.57 Å². The third-order valence-electron chi connectivity index (χ3n) is 1.84. The summed E-state index contributed by atoms with van der Waals surface area (Å²) in [5, 5.41) is 9.17. The van der Waals surface area contributed by atoms with E-state index < -0.39 is 0 Å². The molecule has 0 spiro atoms. The van der Waals surface area contributed by atoms with Gasteiger partial charge in [0.25, 0.3) is 0 Å². The Morgan fingerprint density at radius 2 is 1.86 bits per heavy atom. The van der Waals surface area contributed by atoms with Crippen molar-refractivity contribution in [1.29, 1.82) is 0 Å². The van der Waals surface area contributed by atoms with Gasteiger partial charge >= 0.3 is 0 Å². The van der Waals surface area contributed by atoms with Gasteiger partial charge in [0.05, 0.1) is 12.7 Å². The molecule has 0 radical (unpaired) electrons. The number of ether oxygens (including phenoxy) is 1. The lowest BCUT2D eigenvalue weighted by Gasteiger charge is -2.18. The van der Waals surface area contributed by atoms with E-state index in [0.29, 0.717) is 0 Å². The highest BCUT2D eigenvalue weighted by Crippen LogP contribution is 2.19. The summed E-state index contributed by atoms with van der Waals surface area (Å²) in [5.74, 6) is 0. The average molecular weight is 306 g/mol. The van der Waals surface area contributed by atoms with Crippen LogP contribution in [0.15, 0.2) is 24.3 Å². The van der Waals surface area contributed by atoms with Crippen molar-refractivity contribution in [1.82, 2.24) is 0 Å². The molecule has 0 amide bonds. The van der Waals surface area contributed by atoms with Gasteiger partial charge in [0.15, 0.2) is 0 Å². The third-order valence-corrected chi connectivity index (χ3v) is 2.56. The zero-order chi connectivity index (χ0) is 10.6. The highest BCUT2D eigenvalue weighted by Gasteiger charge is 2.11. The van der Waals surface area contributed by atoms with E-state index in [0.717, 1.165) is 5.56 Å². The molecule has 0 saturated carbocycles. The smallest absolute Gasteiger partial charge is 0.106 e. The van der Waals surface area contributed by atoms with Crippen molar-refractivity contribution in [2.24, 2.45) is 0 Å². The van der Waals surface area contributed by atoms with Crippen molar-refractivity contribution in [3.05, 3.63) is 33.4 Å². The fourth-order valence-electron chi connectivity index (χ4n) is 1.23. The van der Waals surface area contributed by atoms with Gasteiger partial charge in [0.1, 0.15) is 6.10 Å². The van der Waals surface area contributed by atoms with Crippen molar-refractivity contribution < 1.29 is 9.84 Å². The molecule has 0 bridgehead atoms. The van der Waals surface area contributed by atoms with E-state index in [1.807, 2.05) is 38.1 Å². The number of aliphatic hydroxyl groups is 1. The summed E-state index contributed by atoms with van der Waals surface area (Å²) in [6.07, 6.45) is -0.0709. The zero-order valence-electron chi connectivity index (χ0n) is 8.40. The van der Waals surface area contributed by atoms with Gasteiger partial charge in [0.2, 0.25) is 0 Å². The Hall–Kier alpha value is -0.130. The summed E-state index contributed by atoms with van der Waals surface area (Å²) < 4.78 is 6.76. The molecular formula is C11H15IO2. The van der Waals surface area contributed by atoms with Gasteiger partial charge in [-0.15, -0.1) is 0 Å². The average Bonchev–Trinajstić information content (AvgIpc) is 2.15. The predicted molar refractivity (Wildman–Crippen MR) is 65.2 cm³/mol. The summed E-state index contributed by atoms with van der Waals surface area (Å²) in [6, 6.07) is 8.01. The molecule has 0 heterocycles.